The predicted octanol–water partition coefficient (Wildman–Crippen LogP) is 1.86. The number of primary amides is 1. The summed E-state index contributed by atoms with van der Waals surface area (Å²) in [5.74, 6) is -1.47. The first-order chi connectivity index (χ1) is 12.9. The molecule has 1 aliphatic carbocycles. The fourth-order valence-electron chi connectivity index (χ4n) is 3.81. The number of amides is 2. The Morgan fingerprint density at radius 1 is 1.22 bits per heavy atom. The van der Waals surface area contributed by atoms with Crippen molar-refractivity contribution in [1.29, 1.82) is 0 Å². The van der Waals surface area contributed by atoms with Crippen molar-refractivity contribution >= 4 is 23.9 Å². The van der Waals surface area contributed by atoms with E-state index in [0.29, 0.717) is 19.0 Å². The Hall–Kier alpha value is -2.57. The number of nitrogens with two attached hydrogens (primary N) is 1. The highest BCUT2D eigenvalue weighted by Crippen LogP contribution is 2.38. The van der Waals surface area contributed by atoms with E-state index in [1.165, 1.54) is 29.5 Å². The fraction of sp³-hybridized carbons (Fsp3) is 0.550. The molecule has 2 aliphatic rings. The molecule has 0 bridgehead atoms. The monoisotopic (exact) mass is 373 g/mol. The minimum atomic E-state index is -0.603. The van der Waals surface area contributed by atoms with Gasteiger partial charge < -0.3 is 19.9 Å². The second kappa shape index (κ2) is 7.98. The highest BCUT2D eigenvalue weighted by Gasteiger charge is 2.31. The molecule has 1 aromatic heterocycles. The molecule has 1 aromatic rings. The number of esters is 1. The van der Waals surface area contributed by atoms with E-state index in [2.05, 4.69) is 11.5 Å². The predicted molar refractivity (Wildman–Crippen MR) is 101 cm³/mol. The number of hydrogen-bond acceptors (Lipinski definition) is 4. The minimum Gasteiger partial charge on any atom is -0.452 e. The Morgan fingerprint density at radius 2 is 1.96 bits per heavy atom. The summed E-state index contributed by atoms with van der Waals surface area (Å²) in [7, 11) is 0. The molecule has 2 fully saturated rings. The Morgan fingerprint density at radius 3 is 2.63 bits per heavy atom. The number of aryl methyl sites for hydroxylation is 1. The van der Waals surface area contributed by atoms with Gasteiger partial charge in [-0.05, 0) is 63.7 Å². The van der Waals surface area contributed by atoms with Crippen LogP contribution in [0.3, 0.4) is 0 Å². The molecule has 0 radical (unpaired) electrons. The van der Waals surface area contributed by atoms with Gasteiger partial charge in [-0.25, -0.2) is 4.79 Å². The molecule has 0 spiro atoms. The van der Waals surface area contributed by atoms with Crippen LogP contribution in [0.1, 0.15) is 55.1 Å². The SMILES string of the molecule is Cc1cc(/C=C/C(=O)OCC(=O)N2CCCC[C@H]2C(N)=O)c(C)n1C1CC1. The summed E-state index contributed by atoms with van der Waals surface area (Å²) in [5.41, 5.74) is 8.66. The molecule has 0 aromatic carbocycles. The largest absolute Gasteiger partial charge is 0.452 e. The van der Waals surface area contributed by atoms with Crippen molar-refractivity contribution in [3.63, 3.8) is 0 Å². The maximum atomic E-state index is 12.3. The van der Waals surface area contributed by atoms with Crippen molar-refractivity contribution < 1.29 is 19.1 Å². The lowest BCUT2D eigenvalue weighted by atomic mass is 10.0. The molecule has 1 atom stereocenters. The third kappa shape index (κ3) is 4.40. The quantitative estimate of drug-likeness (QED) is 0.608. The number of carbonyl (C=O) groups is 3. The van der Waals surface area contributed by atoms with E-state index >= 15 is 0 Å². The summed E-state index contributed by atoms with van der Waals surface area (Å²) >= 11 is 0. The van der Waals surface area contributed by atoms with E-state index in [0.717, 1.165) is 24.1 Å². The van der Waals surface area contributed by atoms with Gasteiger partial charge in [0.05, 0.1) is 0 Å². The van der Waals surface area contributed by atoms with Gasteiger partial charge in [-0.15, -0.1) is 0 Å². The first-order valence-electron chi connectivity index (χ1n) is 9.50. The third-order valence-electron chi connectivity index (χ3n) is 5.32. The van der Waals surface area contributed by atoms with Crippen LogP contribution in [0.25, 0.3) is 6.08 Å². The zero-order chi connectivity index (χ0) is 19.6. The molecule has 1 aliphatic heterocycles. The molecule has 146 valence electrons. The van der Waals surface area contributed by atoms with Gasteiger partial charge in [-0.1, -0.05) is 0 Å². The van der Waals surface area contributed by atoms with E-state index < -0.39 is 17.9 Å². The van der Waals surface area contributed by atoms with Gasteiger partial charge in [0.25, 0.3) is 5.91 Å². The zero-order valence-corrected chi connectivity index (χ0v) is 15.9. The van der Waals surface area contributed by atoms with Crippen LogP contribution in [0, 0.1) is 13.8 Å². The Bertz CT molecular complexity index is 776. The summed E-state index contributed by atoms with van der Waals surface area (Å²) in [5, 5.41) is 0. The van der Waals surface area contributed by atoms with E-state index in [-0.39, 0.29) is 12.5 Å². The highest BCUT2D eigenvalue weighted by atomic mass is 16.5. The highest BCUT2D eigenvalue weighted by molar-refractivity contribution is 5.91. The number of carbonyl (C=O) groups excluding carboxylic acids is 3. The van der Waals surface area contributed by atoms with Crippen LogP contribution in [0.5, 0.6) is 0 Å². The third-order valence-corrected chi connectivity index (χ3v) is 5.32. The van der Waals surface area contributed by atoms with Crippen LogP contribution in [-0.2, 0) is 19.1 Å². The normalized spacial score (nSPS) is 20.1. The number of likely N-dealkylation sites (tertiary alicyclic amines) is 1. The molecule has 1 saturated carbocycles. The summed E-state index contributed by atoms with van der Waals surface area (Å²) in [6.07, 6.45) is 7.71. The Kier molecular flexibility index (Phi) is 5.68. The Labute approximate surface area is 159 Å². The van der Waals surface area contributed by atoms with Gasteiger partial charge in [0, 0.05) is 30.1 Å². The summed E-state index contributed by atoms with van der Waals surface area (Å²) < 4.78 is 7.37. The van der Waals surface area contributed by atoms with Crippen molar-refractivity contribution in [1.82, 2.24) is 9.47 Å². The number of rotatable bonds is 6. The number of nitrogens with zero attached hydrogens (tertiary/aromatic N) is 2. The Balaban J connectivity index is 1.55. The lowest BCUT2D eigenvalue weighted by molar-refractivity contribution is -0.151. The molecule has 7 nitrogen and oxygen atoms in total. The summed E-state index contributed by atoms with van der Waals surface area (Å²) in [6.45, 7) is 4.19. The lowest BCUT2D eigenvalue weighted by Gasteiger charge is -2.33. The van der Waals surface area contributed by atoms with E-state index in [1.807, 2.05) is 13.0 Å². The van der Waals surface area contributed by atoms with Gasteiger partial charge in [0.15, 0.2) is 6.61 Å². The summed E-state index contributed by atoms with van der Waals surface area (Å²) in [4.78, 5) is 37.2. The maximum absolute atomic E-state index is 12.3. The lowest BCUT2D eigenvalue weighted by Crippen LogP contribution is -2.51. The molecule has 27 heavy (non-hydrogen) atoms. The van der Waals surface area contributed by atoms with Crippen molar-refractivity contribution in [3.8, 4) is 0 Å². The topological polar surface area (TPSA) is 94.6 Å². The van der Waals surface area contributed by atoms with Crippen LogP contribution in [0.4, 0.5) is 0 Å². The van der Waals surface area contributed by atoms with Crippen LogP contribution in [0.2, 0.25) is 0 Å². The second-order valence-electron chi connectivity index (χ2n) is 7.37. The molecule has 2 heterocycles. The average Bonchev–Trinajstić information content (AvgIpc) is 3.43. The van der Waals surface area contributed by atoms with Gasteiger partial charge in [-0.2, -0.15) is 0 Å². The smallest absolute Gasteiger partial charge is 0.331 e. The first-order valence-corrected chi connectivity index (χ1v) is 9.50. The van der Waals surface area contributed by atoms with Crippen molar-refractivity contribution in [2.45, 2.75) is 58.0 Å². The molecule has 1 saturated heterocycles. The van der Waals surface area contributed by atoms with Gasteiger partial charge in [0.1, 0.15) is 6.04 Å². The zero-order valence-electron chi connectivity index (χ0n) is 15.9. The van der Waals surface area contributed by atoms with E-state index in [4.69, 9.17) is 10.5 Å². The average molecular weight is 373 g/mol. The summed E-state index contributed by atoms with van der Waals surface area (Å²) in [6, 6.07) is 2.03. The van der Waals surface area contributed by atoms with E-state index in [9.17, 15) is 14.4 Å². The number of ether oxygens (including phenoxy) is 1. The minimum absolute atomic E-state index is 0.381. The molecule has 2 N–H and O–H groups in total. The van der Waals surface area contributed by atoms with Crippen LogP contribution >= 0.6 is 0 Å². The van der Waals surface area contributed by atoms with Crippen LogP contribution in [0.15, 0.2) is 12.1 Å². The fourth-order valence-corrected chi connectivity index (χ4v) is 3.81. The number of piperidine rings is 1. The van der Waals surface area contributed by atoms with Crippen molar-refractivity contribution in [3.05, 3.63) is 29.1 Å². The van der Waals surface area contributed by atoms with Crippen molar-refractivity contribution in [2.75, 3.05) is 13.2 Å². The van der Waals surface area contributed by atoms with Gasteiger partial charge in [-0.3, -0.25) is 9.59 Å². The van der Waals surface area contributed by atoms with Crippen LogP contribution in [-0.4, -0.2) is 46.4 Å². The molecule has 2 amide bonds. The number of hydrogen-bond donors (Lipinski definition) is 1. The standard InChI is InChI=1S/C20H27N3O4/c1-13-11-15(14(2)23(13)16-7-8-16)6-9-19(25)27-12-18(24)22-10-4-3-5-17(22)20(21)26/h6,9,11,16-17H,3-5,7-8,10,12H2,1-2H3,(H2,21,26)/b9-6+/t17-/m0/s1. The first kappa shape index (κ1) is 19.2. The van der Waals surface area contributed by atoms with Gasteiger partial charge >= 0.3 is 5.97 Å². The van der Waals surface area contributed by atoms with E-state index in [1.54, 1.807) is 6.08 Å². The van der Waals surface area contributed by atoms with Crippen LogP contribution < -0.4 is 5.73 Å². The number of aromatic nitrogens is 1. The molecule has 0 unspecified atom stereocenters. The molecule has 3 rings (SSSR count). The molecular formula is C20H27N3O4. The molecule has 7 heteroatoms. The van der Waals surface area contributed by atoms with Crippen molar-refractivity contribution in [2.24, 2.45) is 5.73 Å². The molecular weight excluding hydrogens is 346 g/mol. The second-order valence-corrected chi connectivity index (χ2v) is 7.37. The van der Waals surface area contributed by atoms with Gasteiger partial charge in [0.2, 0.25) is 5.91 Å². The maximum Gasteiger partial charge on any atom is 0.331 e.